The number of nitriles is 1. The molecule has 0 N–H and O–H groups in total. The quantitative estimate of drug-likeness (QED) is 0.732. The fourth-order valence-electron chi connectivity index (χ4n) is 1.09. The Labute approximate surface area is 89.6 Å². The van der Waals surface area contributed by atoms with Crippen molar-refractivity contribution in [3.63, 3.8) is 0 Å². The number of sulfone groups is 1. The second-order valence-electron chi connectivity index (χ2n) is 3.29. The van der Waals surface area contributed by atoms with Gasteiger partial charge in [0.15, 0.2) is 9.84 Å². The van der Waals surface area contributed by atoms with E-state index in [-0.39, 0.29) is 16.2 Å². The van der Waals surface area contributed by atoms with Gasteiger partial charge in [0, 0.05) is 5.57 Å². The van der Waals surface area contributed by atoms with E-state index in [9.17, 15) is 8.42 Å². The van der Waals surface area contributed by atoms with E-state index >= 15 is 0 Å². The van der Waals surface area contributed by atoms with E-state index in [2.05, 4.69) is 6.58 Å². The fourth-order valence-corrected chi connectivity index (χ4v) is 2.33. The van der Waals surface area contributed by atoms with Crippen molar-refractivity contribution < 1.29 is 8.42 Å². The number of hydrogen-bond donors (Lipinski definition) is 0. The van der Waals surface area contributed by atoms with E-state index in [1.54, 1.807) is 18.2 Å². The molecule has 0 fully saturated rings. The summed E-state index contributed by atoms with van der Waals surface area (Å²) in [5.41, 5.74) is 1.05. The molecule has 0 unspecified atom stereocenters. The predicted octanol–water partition coefficient (Wildman–Crippen LogP) is 1.85. The van der Waals surface area contributed by atoms with Gasteiger partial charge < -0.3 is 0 Å². The van der Waals surface area contributed by atoms with Crippen molar-refractivity contribution in [2.45, 2.75) is 11.8 Å². The van der Waals surface area contributed by atoms with Crippen molar-refractivity contribution in [2.24, 2.45) is 0 Å². The summed E-state index contributed by atoms with van der Waals surface area (Å²) >= 11 is 0. The summed E-state index contributed by atoms with van der Waals surface area (Å²) in [5, 5.41) is 8.48. The molecule has 78 valence electrons. The van der Waals surface area contributed by atoms with Gasteiger partial charge in [-0.3, -0.25) is 0 Å². The van der Waals surface area contributed by atoms with Gasteiger partial charge in [-0.05, 0) is 19.1 Å². The highest BCUT2D eigenvalue weighted by atomic mass is 32.2. The second kappa shape index (κ2) is 4.28. The molecular weight excluding hydrogens is 210 g/mol. The first-order chi connectivity index (χ1) is 6.95. The molecular formula is C11H11NO2S. The lowest BCUT2D eigenvalue weighted by molar-refractivity contribution is 0.598. The third-order valence-electron chi connectivity index (χ3n) is 1.90. The number of benzene rings is 1. The summed E-state index contributed by atoms with van der Waals surface area (Å²) in [7, 11) is -3.41. The molecule has 0 atom stereocenters. The fraction of sp³-hybridized carbons (Fsp3) is 0.182. The van der Waals surface area contributed by atoms with Crippen LogP contribution < -0.4 is 0 Å². The normalized spacial score (nSPS) is 10.7. The Balaban J connectivity index is 3.03. The highest BCUT2D eigenvalue weighted by Gasteiger charge is 2.15. The third kappa shape index (κ3) is 2.93. The summed E-state index contributed by atoms with van der Waals surface area (Å²) in [4.78, 5) is 0.226. The predicted molar refractivity (Wildman–Crippen MR) is 58.0 cm³/mol. The van der Waals surface area contributed by atoms with Crippen molar-refractivity contribution in [3.8, 4) is 6.07 Å². The summed E-state index contributed by atoms with van der Waals surface area (Å²) in [6, 6.07) is 8.25. The number of aryl methyl sites for hydroxylation is 1. The zero-order valence-corrected chi connectivity index (χ0v) is 9.21. The summed E-state index contributed by atoms with van der Waals surface area (Å²) in [6.45, 7) is 5.24. The van der Waals surface area contributed by atoms with Crippen LogP contribution in [0.15, 0.2) is 41.3 Å². The average Bonchev–Trinajstić information content (AvgIpc) is 2.17. The molecule has 0 aromatic heterocycles. The average molecular weight is 221 g/mol. The van der Waals surface area contributed by atoms with E-state index in [0.29, 0.717) is 0 Å². The van der Waals surface area contributed by atoms with Crippen LogP contribution in [-0.2, 0) is 9.84 Å². The van der Waals surface area contributed by atoms with Gasteiger partial charge in [0.2, 0.25) is 0 Å². The lowest BCUT2D eigenvalue weighted by Gasteiger charge is -2.02. The van der Waals surface area contributed by atoms with Crippen LogP contribution in [0, 0.1) is 18.3 Å². The molecule has 0 bridgehead atoms. The Morgan fingerprint density at radius 1 is 1.40 bits per heavy atom. The lowest BCUT2D eigenvalue weighted by Crippen LogP contribution is -2.07. The van der Waals surface area contributed by atoms with Gasteiger partial charge in [-0.1, -0.05) is 24.3 Å². The molecule has 4 heteroatoms. The van der Waals surface area contributed by atoms with Crippen LogP contribution in [0.1, 0.15) is 5.56 Å². The van der Waals surface area contributed by atoms with Crippen LogP contribution >= 0.6 is 0 Å². The zero-order valence-electron chi connectivity index (χ0n) is 8.40. The lowest BCUT2D eigenvalue weighted by atomic mass is 10.2. The zero-order chi connectivity index (χ0) is 11.5. The first-order valence-corrected chi connectivity index (χ1v) is 5.98. The van der Waals surface area contributed by atoms with Crippen molar-refractivity contribution in [1.82, 2.24) is 0 Å². The minimum Gasteiger partial charge on any atom is -0.223 e. The molecule has 15 heavy (non-hydrogen) atoms. The molecule has 0 heterocycles. The van der Waals surface area contributed by atoms with Gasteiger partial charge in [-0.15, -0.1) is 0 Å². The van der Waals surface area contributed by atoms with Crippen molar-refractivity contribution in [2.75, 3.05) is 5.75 Å². The standard InChI is InChI=1S/C11H11NO2S/c1-9-3-5-11(6-4-9)15(13,14)8-10(2)7-12/h3-6H,2,8H2,1H3. The van der Waals surface area contributed by atoms with Gasteiger partial charge in [-0.2, -0.15) is 5.26 Å². The van der Waals surface area contributed by atoms with Gasteiger partial charge in [0.1, 0.15) is 0 Å². The van der Waals surface area contributed by atoms with Crippen LogP contribution in [-0.4, -0.2) is 14.2 Å². The maximum absolute atomic E-state index is 11.7. The molecule has 0 spiro atoms. The molecule has 0 saturated carbocycles. The molecule has 1 aromatic rings. The van der Waals surface area contributed by atoms with Crippen LogP contribution in [0.5, 0.6) is 0 Å². The maximum Gasteiger partial charge on any atom is 0.183 e. The summed E-state index contributed by atoms with van der Waals surface area (Å²) < 4.78 is 23.4. The molecule has 0 aliphatic carbocycles. The molecule has 0 radical (unpaired) electrons. The molecule has 1 rings (SSSR count). The Kier molecular flexibility index (Phi) is 3.28. The minimum absolute atomic E-state index is 0.0515. The van der Waals surface area contributed by atoms with E-state index in [0.717, 1.165) is 5.56 Å². The maximum atomic E-state index is 11.7. The molecule has 0 aliphatic rings. The molecule has 0 saturated heterocycles. The van der Waals surface area contributed by atoms with Gasteiger partial charge in [0.25, 0.3) is 0 Å². The first-order valence-electron chi connectivity index (χ1n) is 4.33. The van der Waals surface area contributed by atoms with Crippen LogP contribution in [0.25, 0.3) is 0 Å². The Bertz CT molecular complexity index is 507. The molecule has 0 aliphatic heterocycles. The van der Waals surface area contributed by atoms with E-state index < -0.39 is 9.84 Å². The van der Waals surface area contributed by atoms with Crippen molar-refractivity contribution in [1.29, 1.82) is 5.26 Å². The van der Waals surface area contributed by atoms with Gasteiger partial charge in [-0.25, -0.2) is 8.42 Å². The Morgan fingerprint density at radius 3 is 2.40 bits per heavy atom. The summed E-state index contributed by atoms with van der Waals surface area (Å²) in [5.74, 6) is -0.313. The Morgan fingerprint density at radius 2 is 1.93 bits per heavy atom. The highest BCUT2D eigenvalue weighted by Crippen LogP contribution is 2.13. The molecule has 3 nitrogen and oxygen atoms in total. The molecule has 1 aromatic carbocycles. The third-order valence-corrected chi connectivity index (χ3v) is 3.62. The van der Waals surface area contributed by atoms with E-state index in [1.165, 1.54) is 12.1 Å². The van der Waals surface area contributed by atoms with E-state index in [4.69, 9.17) is 5.26 Å². The smallest absolute Gasteiger partial charge is 0.183 e. The van der Waals surface area contributed by atoms with Crippen LogP contribution in [0.3, 0.4) is 0 Å². The Hall–Kier alpha value is -1.60. The number of nitrogens with zero attached hydrogens (tertiary/aromatic N) is 1. The summed E-state index contributed by atoms with van der Waals surface area (Å²) in [6.07, 6.45) is 0. The SMILES string of the molecule is C=C(C#N)CS(=O)(=O)c1ccc(C)cc1. The van der Waals surface area contributed by atoms with Crippen molar-refractivity contribution in [3.05, 3.63) is 42.0 Å². The topological polar surface area (TPSA) is 57.9 Å². The first kappa shape index (κ1) is 11.5. The second-order valence-corrected chi connectivity index (χ2v) is 5.28. The number of rotatable bonds is 3. The van der Waals surface area contributed by atoms with Crippen molar-refractivity contribution >= 4 is 9.84 Å². The van der Waals surface area contributed by atoms with Crippen LogP contribution in [0.4, 0.5) is 0 Å². The van der Waals surface area contributed by atoms with Crippen LogP contribution in [0.2, 0.25) is 0 Å². The monoisotopic (exact) mass is 221 g/mol. The van der Waals surface area contributed by atoms with Gasteiger partial charge in [0.05, 0.1) is 16.7 Å². The molecule has 0 amide bonds. The highest BCUT2D eigenvalue weighted by molar-refractivity contribution is 7.91. The minimum atomic E-state index is -3.41. The van der Waals surface area contributed by atoms with E-state index in [1.807, 2.05) is 6.92 Å². The number of hydrogen-bond acceptors (Lipinski definition) is 3. The largest absolute Gasteiger partial charge is 0.223 e. The van der Waals surface area contributed by atoms with Gasteiger partial charge >= 0.3 is 0 Å².